The standard InChI is InChI=1S/C13H16F3NO/c14-13(15,16)12(18)9-17-7-5-10-3-1-2-4-11(10)6-8-17/h1-4,12,18H,5-9H2. The van der Waals surface area contributed by atoms with Gasteiger partial charge in [0, 0.05) is 19.6 Å². The van der Waals surface area contributed by atoms with Crippen LogP contribution >= 0.6 is 0 Å². The molecule has 0 spiro atoms. The van der Waals surface area contributed by atoms with Gasteiger partial charge in [0.05, 0.1) is 0 Å². The van der Waals surface area contributed by atoms with Crippen molar-refractivity contribution in [3.8, 4) is 0 Å². The van der Waals surface area contributed by atoms with Crippen LogP contribution in [-0.4, -0.2) is 41.9 Å². The van der Waals surface area contributed by atoms with Crippen molar-refractivity contribution in [2.75, 3.05) is 19.6 Å². The van der Waals surface area contributed by atoms with Crippen LogP contribution in [0.25, 0.3) is 0 Å². The molecule has 1 aliphatic rings. The van der Waals surface area contributed by atoms with Crippen LogP contribution in [-0.2, 0) is 12.8 Å². The second kappa shape index (κ2) is 5.28. The summed E-state index contributed by atoms with van der Waals surface area (Å²) in [4.78, 5) is 1.68. The molecule has 1 N–H and O–H groups in total. The largest absolute Gasteiger partial charge is 0.415 e. The molecule has 100 valence electrons. The third-order valence-electron chi connectivity index (χ3n) is 3.32. The number of β-amino-alcohol motifs (C(OH)–C–C–N with tert-alkyl or cyclic N) is 1. The SMILES string of the molecule is OC(CN1CCc2ccccc2CC1)C(F)(F)F. The van der Waals surface area contributed by atoms with E-state index in [4.69, 9.17) is 5.11 Å². The molecular weight excluding hydrogens is 243 g/mol. The second-order valence-corrected chi connectivity index (χ2v) is 4.63. The Morgan fingerprint density at radius 2 is 1.61 bits per heavy atom. The Kier molecular flexibility index (Phi) is 3.92. The molecule has 2 rings (SSSR count). The van der Waals surface area contributed by atoms with Gasteiger partial charge >= 0.3 is 6.18 Å². The quantitative estimate of drug-likeness (QED) is 0.878. The lowest BCUT2D eigenvalue weighted by Crippen LogP contribution is -2.41. The van der Waals surface area contributed by atoms with Crippen molar-refractivity contribution in [3.63, 3.8) is 0 Å². The molecule has 18 heavy (non-hydrogen) atoms. The van der Waals surface area contributed by atoms with Gasteiger partial charge < -0.3 is 5.11 Å². The van der Waals surface area contributed by atoms with Crippen molar-refractivity contribution in [3.05, 3.63) is 35.4 Å². The number of fused-ring (bicyclic) bond motifs is 1. The van der Waals surface area contributed by atoms with Crippen LogP contribution in [0.2, 0.25) is 0 Å². The van der Waals surface area contributed by atoms with E-state index in [1.54, 1.807) is 4.90 Å². The number of halogens is 3. The van der Waals surface area contributed by atoms with Gasteiger partial charge in [0.2, 0.25) is 0 Å². The van der Waals surface area contributed by atoms with E-state index in [9.17, 15) is 13.2 Å². The Morgan fingerprint density at radius 3 is 2.06 bits per heavy atom. The Morgan fingerprint density at radius 1 is 1.11 bits per heavy atom. The summed E-state index contributed by atoms with van der Waals surface area (Å²) in [6, 6.07) is 7.91. The molecule has 2 nitrogen and oxygen atoms in total. The maximum Gasteiger partial charge on any atom is 0.415 e. The average Bonchev–Trinajstić information content (AvgIpc) is 2.51. The second-order valence-electron chi connectivity index (χ2n) is 4.63. The number of hydrogen-bond donors (Lipinski definition) is 1. The number of hydrogen-bond acceptors (Lipinski definition) is 2. The summed E-state index contributed by atoms with van der Waals surface area (Å²) in [5.41, 5.74) is 2.39. The Bertz CT molecular complexity index is 378. The number of nitrogens with zero attached hydrogens (tertiary/aromatic N) is 1. The molecule has 0 bridgehead atoms. The van der Waals surface area contributed by atoms with E-state index in [0.29, 0.717) is 13.1 Å². The van der Waals surface area contributed by atoms with E-state index < -0.39 is 12.3 Å². The number of rotatable bonds is 2. The molecule has 0 amide bonds. The Balaban J connectivity index is 1.96. The molecule has 1 unspecified atom stereocenters. The van der Waals surface area contributed by atoms with Crippen LogP contribution in [0.3, 0.4) is 0 Å². The van der Waals surface area contributed by atoms with E-state index >= 15 is 0 Å². The third kappa shape index (κ3) is 3.23. The highest BCUT2D eigenvalue weighted by atomic mass is 19.4. The monoisotopic (exact) mass is 259 g/mol. The molecule has 0 radical (unpaired) electrons. The predicted octanol–water partition coefficient (Wildman–Crippen LogP) is 2.01. The summed E-state index contributed by atoms with van der Waals surface area (Å²) in [7, 11) is 0. The van der Waals surface area contributed by atoms with Crippen LogP contribution in [0, 0.1) is 0 Å². The zero-order valence-electron chi connectivity index (χ0n) is 9.95. The van der Waals surface area contributed by atoms with Crippen molar-refractivity contribution in [1.29, 1.82) is 0 Å². The molecule has 1 aromatic carbocycles. The molecule has 1 aromatic rings. The van der Waals surface area contributed by atoms with Crippen LogP contribution in [0.1, 0.15) is 11.1 Å². The Hall–Kier alpha value is -1.07. The van der Waals surface area contributed by atoms with Gasteiger partial charge in [-0.05, 0) is 24.0 Å². The summed E-state index contributed by atoms with van der Waals surface area (Å²) in [6.07, 6.45) is -5.31. The molecule has 1 heterocycles. The van der Waals surface area contributed by atoms with E-state index in [-0.39, 0.29) is 6.54 Å². The number of aliphatic hydroxyl groups is 1. The van der Waals surface area contributed by atoms with E-state index in [0.717, 1.165) is 12.8 Å². The first-order valence-corrected chi connectivity index (χ1v) is 6.01. The molecule has 0 saturated heterocycles. The van der Waals surface area contributed by atoms with E-state index in [2.05, 4.69) is 0 Å². The first-order chi connectivity index (χ1) is 8.47. The smallest absolute Gasteiger partial charge is 0.382 e. The van der Waals surface area contributed by atoms with Gasteiger partial charge in [0.1, 0.15) is 0 Å². The zero-order chi connectivity index (χ0) is 13.2. The van der Waals surface area contributed by atoms with Crippen molar-refractivity contribution >= 4 is 0 Å². The van der Waals surface area contributed by atoms with Crippen molar-refractivity contribution in [1.82, 2.24) is 4.90 Å². The van der Waals surface area contributed by atoms with Gasteiger partial charge in [-0.2, -0.15) is 13.2 Å². The lowest BCUT2D eigenvalue weighted by Gasteiger charge is -2.24. The van der Waals surface area contributed by atoms with Gasteiger partial charge in [-0.3, -0.25) is 4.90 Å². The molecular formula is C13H16F3NO. The molecule has 5 heteroatoms. The number of benzene rings is 1. The maximum atomic E-state index is 12.3. The fourth-order valence-electron chi connectivity index (χ4n) is 2.24. The van der Waals surface area contributed by atoms with Gasteiger partial charge in [-0.1, -0.05) is 24.3 Å². The minimum Gasteiger partial charge on any atom is -0.382 e. The lowest BCUT2D eigenvalue weighted by atomic mass is 10.0. The van der Waals surface area contributed by atoms with Crippen molar-refractivity contribution < 1.29 is 18.3 Å². The summed E-state index contributed by atoms with van der Waals surface area (Å²) in [6.45, 7) is 0.784. The highest BCUT2D eigenvalue weighted by molar-refractivity contribution is 5.28. The van der Waals surface area contributed by atoms with Gasteiger partial charge in [-0.15, -0.1) is 0 Å². The predicted molar refractivity (Wildman–Crippen MR) is 62.4 cm³/mol. The average molecular weight is 259 g/mol. The molecule has 0 fully saturated rings. The summed E-state index contributed by atoms with van der Waals surface area (Å²) in [5.74, 6) is 0. The van der Waals surface area contributed by atoms with E-state index in [1.165, 1.54) is 11.1 Å². The van der Waals surface area contributed by atoms with Gasteiger partial charge in [0.15, 0.2) is 6.10 Å². The van der Waals surface area contributed by atoms with Crippen LogP contribution < -0.4 is 0 Å². The topological polar surface area (TPSA) is 23.5 Å². The van der Waals surface area contributed by atoms with Gasteiger partial charge in [0.25, 0.3) is 0 Å². The first kappa shape index (κ1) is 13.4. The van der Waals surface area contributed by atoms with Crippen molar-refractivity contribution in [2.24, 2.45) is 0 Å². The molecule has 0 saturated carbocycles. The minimum atomic E-state index is -4.53. The number of aliphatic hydroxyl groups excluding tert-OH is 1. The lowest BCUT2D eigenvalue weighted by molar-refractivity contribution is -0.208. The first-order valence-electron chi connectivity index (χ1n) is 6.01. The Labute approximate surface area is 104 Å². The van der Waals surface area contributed by atoms with Crippen LogP contribution in [0.4, 0.5) is 13.2 Å². The third-order valence-corrected chi connectivity index (χ3v) is 3.32. The molecule has 0 aliphatic carbocycles. The summed E-state index contributed by atoms with van der Waals surface area (Å²) in [5, 5.41) is 9.08. The van der Waals surface area contributed by atoms with Crippen LogP contribution in [0.5, 0.6) is 0 Å². The van der Waals surface area contributed by atoms with Gasteiger partial charge in [-0.25, -0.2) is 0 Å². The summed E-state index contributed by atoms with van der Waals surface area (Å²) < 4.78 is 36.9. The van der Waals surface area contributed by atoms with Crippen molar-refractivity contribution in [2.45, 2.75) is 25.1 Å². The molecule has 0 aromatic heterocycles. The van der Waals surface area contributed by atoms with Crippen LogP contribution in [0.15, 0.2) is 24.3 Å². The molecule has 1 atom stereocenters. The fraction of sp³-hybridized carbons (Fsp3) is 0.538. The normalized spacial score (nSPS) is 19.1. The minimum absolute atomic E-state index is 0.336. The zero-order valence-corrected chi connectivity index (χ0v) is 9.95. The van der Waals surface area contributed by atoms with E-state index in [1.807, 2.05) is 24.3 Å². The highest BCUT2D eigenvalue weighted by Gasteiger charge is 2.39. The molecule has 1 aliphatic heterocycles. The maximum absolute atomic E-state index is 12.3. The number of alkyl halides is 3. The highest BCUT2D eigenvalue weighted by Crippen LogP contribution is 2.22. The fourth-order valence-corrected chi connectivity index (χ4v) is 2.24. The summed E-state index contributed by atoms with van der Waals surface area (Å²) >= 11 is 0.